The molecule has 1 amide bonds. The molecule has 0 aliphatic carbocycles. The molecule has 8 heteroatoms. The molecule has 2 rings (SSSR count). The standard InChI is InChI=1S/C13H15N3O4S/c14-7-9-2-6-21-12(9)15-11(17)1-3-16-4-5-20-8-10(16)13(18)19/h2,6,10H,1,3-5,8H2,(H,15,17)(H,18,19). The number of amides is 1. The molecule has 0 spiro atoms. The van der Waals surface area contributed by atoms with E-state index < -0.39 is 12.0 Å². The van der Waals surface area contributed by atoms with Crippen molar-refractivity contribution in [3.05, 3.63) is 17.0 Å². The lowest BCUT2D eigenvalue weighted by Gasteiger charge is -2.32. The molecule has 1 saturated heterocycles. The van der Waals surface area contributed by atoms with Crippen LogP contribution in [0.3, 0.4) is 0 Å². The summed E-state index contributed by atoms with van der Waals surface area (Å²) in [6, 6.07) is 2.94. The highest BCUT2D eigenvalue weighted by molar-refractivity contribution is 7.14. The van der Waals surface area contributed by atoms with Crippen molar-refractivity contribution >= 4 is 28.2 Å². The number of hydrogen-bond donors (Lipinski definition) is 2. The summed E-state index contributed by atoms with van der Waals surface area (Å²) >= 11 is 1.29. The third-order valence-corrected chi connectivity index (χ3v) is 4.02. The lowest BCUT2D eigenvalue weighted by atomic mass is 10.2. The van der Waals surface area contributed by atoms with Gasteiger partial charge in [0, 0.05) is 19.5 Å². The number of aliphatic carboxylic acids is 1. The van der Waals surface area contributed by atoms with E-state index in [1.165, 1.54) is 11.3 Å². The number of carboxylic acids is 1. The highest BCUT2D eigenvalue weighted by Crippen LogP contribution is 2.22. The van der Waals surface area contributed by atoms with Crippen LogP contribution in [0, 0.1) is 11.3 Å². The Balaban J connectivity index is 1.86. The van der Waals surface area contributed by atoms with E-state index in [-0.39, 0.29) is 18.9 Å². The fourth-order valence-corrected chi connectivity index (χ4v) is 2.82. The maximum absolute atomic E-state index is 11.9. The maximum Gasteiger partial charge on any atom is 0.323 e. The molecule has 1 fully saturated rings. The van der Waals surface area contributed by atoms with E-state index in [0.717, 1.165) is 0 Å². The lowest BCUT2D eigenvalue weighted by Crippen LogP contribution is -2.50. The van der Waals surface area contributed by atoms with E-state index in [1.807, 2.05) is 6.07 Å². The molecule has 0 bridgehead atoms. The minimum atomic E-state index is -0.944. The summed E-state index contributed by atoms with van der Waals surface area (Å²) in [5.41, 5.74) is 0.433. The average molecular weight is 309 g/mol. The first-order chi connectivity index (χ1) is 10.1. The first kappa shape index (κ1) is 15.4. The third-order valence-electron chi connectivity index (χ3n) is 3.19. The number of morpholine rings is 1. The predicted molar refractivity (Wildman–Crippen MR) is 76.1 cm³/mol. The number of nitriles is 1. The van der Waals surface area contributed by atoms with Crippen molar-refractivity contribution in [2.45, 2.75) is 12.5 Å². The second-order valence-electron chi connectivity index (χ2n) is 4.54. The van der Waals surface area contributed by atoms with Gasteiger partial charge in [-0.05, 0) is 11.4 Å². The number of nitrogens with one attached hydrogen (secondary N) is 1. The topological polar surface area (TPSA) is 103 Å². The van der Waals surface area contributed by atoms with Crippen LogP contribution in [0.1, 0.15) is 12.0 Å². The second kappa shape index (κ2) is 7.17. The minimum absolute atomic E-state index is 0.139. The van der Waals surface area contributed by atoms with Gasteiger partial charge in [-0.15, -0.1) is 11.3 Å². The van der Waals surface area contributed by atoms with Gasteiger partial charge in [0.15, 0.2) is 0 Å². The number of thiophene rings is 1. The van der Waals surface area contributed by atoms with Gasteiger partial charge in [0.1, 0.15) is 17.1 Å². The van der Waals surface area contributed by atoms with Crippen LogP contribution in [0.15, 0.2) is 11.4 Å². The van der Waals surface area contributed by atoms with Gasteiger partial charge in [0.05, 0.1) is 18.8 Å². The SMILES string of the molecule is N#Cc1ccsc1NC(=O)CCN1CCOCC1C(=O)O. The zero-order valence-electron chi connectivity index (χ0n) is 11.2. The zero-order valence-corrected chi connectivity index (χ0v) is 12.1. The monoisotopic (exact) mass is 309 g/mol. The molecule has 112 valence electrons. The van der Waals surface area contributed by atoms with Gasteiger partial charge < -0.3 is 15.2 Å². The Morgan fingerprint density at radius 1 is 1.62 bits per heavy atom. The summed E-state index contributed by atoms with van der Waals surface area (Å²) in [7, 11) is 0. The molecule has 1 unspecified atom stereocenters. The van der Waals surface area contributed by atoms with E-state index in [4.69, 9.17) is 15.1 Å². The largest absolute Gasteiger partial charge is 0.480 e. The Morgan fingerprint density at radius 3 is 3.14 bits per heavy atom. The molecule has 1 aromatic heterocycles. The highest BCUT2D eigenvalue weighted by atomic mass is 32.1. The second-order valence-corrected chi connectivity index (χ2v) is 5.45. The summed E-state index contributed by atoms with van der Waals surface area (Å²) < 4.78 is 5.14. The number of anilines is 1. The van der Waals surface area contributed by atoms with Gasteiger partial charge in [0.2, 0.25) is 5.91 Å². The predicted octanol–water partition coefficient (Wildman–Crippen LogP) is 0.734. The maximum atomic E-state index is 11.9. The van der Waals surface area contributed by atoms with Crippen molar-refractivity contribution in [2.75, 3.05) is 31.6 Å². The van der Waals surface area contributed by atoms with E-state index in [9.17, 15) is 9.59 Å². The van der Waals surface area contributed by atoms with Crippen molar-refractivity contribution in [1.29, 1.82) is 5.26 Å². The van der Waals surface area contributed by atoms with Gasteiger partial charge >= 0.3 is 5.97 Å². The number of nitrogens with zero attached hydrogens (tertiary/aromatic N) is 2. The van der Waals surface area contributed by atoms with Crippen LogP contribution in [0.2, 0.25) is 0 Å². The molecular weight excluding hydrogens is 294 g/mol. The van der Waals surface area contributed by atoms with E-state index >= 15 is 0 Å². The van der Waals surface area contributed by atoms with Crippen LogP contribution in [0.25, 0.3) is 0 Å². The Hall–Kier alpha value is -1.95. The number of hydrogen-bond acceptors (Lipinski definition) is 6. The molecule has 2 heterocycles. The van der Waals surface area contributed by atoms with Crippen LogP contribution in [0.4, 0.5) is 5.00 Å². The number of carboxylic acid groups (broad SMARTS) is 1. The lowest BCUT2D eigenvalue weighted by molar-refractivity contribution is -0.150. The first-order valence-electron chi connectivity index (χ1n) is 6.44. The van der Waals surface area contributed by atoms with Crippen molar-refractivity contribution in [3.8, 4) is 6.07 Å². The summed E-state index contributed by atoms with van der Waals surface area (Å²) in [5, 5.41) is 22.9. The molecule has 21 heavy (non-hydrogen) atoms. The summed E-state index contributed by atoms with van der Waals surface area (Å²) in [6.07, 6.45) is 0.173. The highest BCUT2D eigenvalue weighted by Gasteiger charge is 2.29. The Morgan fingerprint density at radius 2 is 2.43 bits per heavy atom. The zero-order chi connectivity index (χ0) is 15.2. The Labute approximate surface area is 125 Å². The fourth-order valence-electron chi connectivity index (χ4n) is 2.06. The summed E-state index contributed by atoms with van der Waals surface area (Å²) in [5.74, 6) is -1.18. The molecular formula is C13H15N3O4S. The van der Waals surface area contributed by atoms with Crippen LogP contribution in [-0.2, 0) is 14.3 Å². The van der Waals surface area contributed by atoms with Crippen molar-refractivity contribution in [2.24, 2.45) is 0 Å². The quantitative estimate of drug-likeness (QED) is 0.831. The van der Waals surface area contributed by atoms with Gasteiger partial charge in [-0.2, -0.15) is 5.26 Å². The normalized spacial score (nSPS) is 18.9. The number of ether oxygens (including phenoxy) is 1. The van der Waals surface area contributed by atoms with Crippen molar-refractivity contribution in [3.63, 3.8) is 0 Å². The molecule has 1 aromatic rings. The Kier molecular flexibility index (Phi) is 5.27. The van der Waals surface area contributed by atoms with Crippen LogP contribution >= 0.6 is 11.3 Å². The average Bonchev–Trinajstić information content (AvgIpc) is 2.92. The van der Waals surface area contributed by atoms with Crippen molar-refractivity contribution < 1.29 is 19.4 Å². The number of carbonyl (C=O) groups is 2. The molecule has 7 nitrogen and oxygen atoms in total. The van der Waals surface area contributed by atoms with Gasteiger partial charge in [0.25, 0.3) is 0 Å². The molecule has 0 radical (unpaired) electrons. The van der Waals surface area contributed by atoms with E-state index in [2.05, 4.69) is 5.32 Å². The van der Waals surface area contributed by atoms with Crippen LogP contribution in [-0.4, -0.2) is 54.2 Å². The number of rotatable bonds is 5. The van der Waals surface area contributed by atoms with Gasteiger partial charge in [-0.1, -0.05) is 0 Å². The molecule has 1 aliphatic heterocycles. The smallest absolute Gasteiger partial charge is 0.323 e. The van der Waals surface area contributed by atoms with E-state index in [1.54, 1.807) is 16.3 Å². The molecule has 0 saturated carbocycles. The van der Waals surface area contributed by atoms with E-state index in [0.29, 0.717) is 30.3 Å². The molecule has 1 aliphatic rings. The first-order valence-corrected chi connectivity index (χ1v) is 7.32. The molecule has 2 N–H and O–H groups in total. The number of carbonyl (C=O) groups excluding carboxylic acids is 1. The Bertz CT molecular complexity index is 566. The third kappa shape index (κ3) is 4.01. The molecule has 1 atom stereocenters. The van der Waals surface area contributed by atoms with Gasteiger partial charge in [-0.3, -0.25) is 14.5 Å². The fraction of sp³-hybridized carbons (Fsp3) is 0.462. The minimum Gasteiger partial charge on any atom is -0.480 e. The van der Waals surface area contributed by atoms with Crippen LogP contribution in [0.5, 0.6) is 0 Å². The van der Waals surface area contributed by atoms with Gasteiger partial charge in [-0.25, -0.2) is 0 Å². The summed E-state index contributed by atoms with van der Waals surface area (Å²) in [6.45, 7) is 1.45. The summed E-state index contributed by atoms with van der Waals surface area (Å²) in [4.78, 5) is 24.7. The molecule has 0 aromatic carbocycles. The van der Waals surface area contributed by atoms with Crippen molar-refractivity contribution in [1.82, 2.24) is 4.90 Å². The van der Waals surface area contributed by atoms with Crippen LogP contribution < -0.4 is 5.32 Å².